The second-order valence-corrected chi connectivity index (χ2v) is 3.70. The van der Waals surface area contributed by atoms with E-state index in [1.165, 1.54) is 0 Å². The highest BCUT2D eigenvalue weighted by Crippen LogP contribution is 2.19. The quantitative estimate of drug-likeness (QED) is 0.807. The molecule has 1 unspecified atom stereocenters. The maximum Gasteiger partial charge on any atom is 0.119 e. The van der Waals surface area contributed by atoms with Crippen molar-refractivity contribution in [2.75, 3.05) is 13.7 Å². The normalized spacial score (nSPS) is 12.9. The molecule has 0 radical (unpaired) electrons. The molecule has 0 saturated carbocycles. The highest BCUT2D eigenvalue weighted by molar-refractivity contribution is 5.28. The second-order valence-electron chi connectivity index (χ2n) is 3.70. The Morgan fingerprint density at radius 3 is 2.20 bits per heavy atom. The molecule has 0 fully saturated rings. The van der Waals surface area contributed by atoms with Gasteiger partial charge in [0.15, 0.2) is 0 Å². The van der Waals surface area contributed by atoms with Gasteiger partial charge in [-0.3, -0.25) is 0 Å². The first-order valence-electron chi connectivity index (χ1n) is 5.17. The molecule has 2 N–H and O–H groups in total. The zero-order valence-corrected chi connectivity index (χ0v) is 9.57. The van der Waals surface area contributed by atoms with Crippen molar-refractivity contribution in [3.05, 3.63) is 29.8 Å². The van der Waals surface area contributed by atoms with E-state index in [1.54, 1.807) is 7.11 Å². The molecule has 3 heteroatoms. The molecule has 3 nitrogen and oxygen atoms in total. The predicted molar refractivity (Wildman–Crippen MR) is 61.0 cm³/mol. The van der Waals surface area contributed by atoms with Crippen LogP contribution in [0.3, 0.4) is 0 Å². The fourth-order valence-corrected chi connectivity index (χ4v) is 1.40. The van der Waals surface area contributed by atoms with Crippen molar-refractivity contribution >= 4 is 0 Å². The monoisotopic (exact) mass is 209 g/mol. The molecule has 0 aliphatic rings. The topological polar surface area (TPSA) is 44.5 Å². The maximum absolute atomic E-state index is 5.58. The zero-order chi connectivity index (χ0) is 11.3. The van der Waals surface area contributed by atoms with Gasteiger partial charge in [-0.15, -0.1) is 0 Å². The van der Waals surface area contributed by atoms with Crippen LogP contribution in [0.2, 0.25) is 0 Å². The molecule has 1 aromatic carbocycles. The molecule has 1 rings (SSSR count). The van der Waals surface area contributed by atoms with Gasteiger partial charge >= 0.3 is 0 Å². The average molecular weight is 209 g/mol. The van der Waals surface area contributed by atoms with Crippen molar-refractivity contribution in [3.8, 4) is 5.75 Å². The van der Waals surface area contributed by atoms with E-state index in [0.29, 0.717) is 6.54 Å². The molecule has 15 heavy (non-hydrogen) atoms. The Labute approximate surface area is 91.2 Å². The fraction of sp³-hybridized carbons (Fsp3) is 0.500. The fourth-order valence-electron chi connectivity index (χ4n) is 1.40. The van der Waals surface area contributed by atoms with Crippen LogP contribution in [0.1, 0.15) is 25.5 Å². The SMILES string of the molecule is COC(CN)c1ccc(OC(C)C)cc1. The molecule has 0 spiro atoms. The van der Waals surface area contributed by atoms with Gasteiger partial charge in [-0.05, 0) is 31.5 Å². The Morgan fingerprint density at radius 2 is 1.80 bits per heavy atom. The van der Waals surface area contributed by atoms with E-state index >= 15 is 0 Å². The number of hydrogen-bond acceptors (Lipinski definition) is 3. The lowest BCUT2D eigenvalue weighted by atomic mass is 10.1. The van der Waals surface area contributed by atoms with E-state index in [0.717, 1.165) is 11.3 Å². The number of benzene rings is 1. The molecule has 0 amide bonds. The van der Waals surface area contributed by atoms with Gasteiger partial charge in [0.25, 0.3) is 0 Å². The van der Waals surface area contributed by atoms with Crippen LogP contribution in [0.15, 0.2) is 24.3 Å². The second kappa shape index (κ2) is 5.73. The predicted octanol–water partition coefficient (Wildman–Crippen LogP) is 2.12. The third kappa shape index (κ3) is 3.53. The Bertz CT molecular complexity index is 278. The van der Waals surface area contributed by atoms with Crippen molar-refractivity contribution in [3.63, 3.8) is 0 Å². The van der Waals surface area contributed by atoms with Crippen LogP contribution in [-0.2, 0) is 4.74 Å². The smallest absolute Gasteiger partial charge is 0.119 e. The average Bonchev–Trinajstić information content (AvgIpc) is 2.21. The maximum atomic E-state index is 5.58. The molecule has 0 aromatic heterocycles. The highest BCUT2D eigenvalue weighted by Gasteiger charge is 2.07. The van der Waals surface area contributed by atoms with Crippen molar-refractivity contribution in [1.82, 2.24) is 0 Å². The molecule has 84 valence electrons. The summed E-state index contributed by atoms with van der Waals surface area (Å²) in [6.45, 7) is 4.50. The van der Waals surface area contributed by atoms with Crippen molar-refractivity contribution in [1.29, 1.82) is 0 Å². The first kappa shape index (κ1) is 12.0. The standard InChI is InChI=1S/C12H19NO2/c1-9(2)15-11-6-4-10(5-7-11)12(8-13)14-3/h4-7,9,12H,8,13H2,1-3H3. The van der Waals surface area contributed by atoms with Crippen molar-refractivity contribution in [2.45, 2.75) is 26.1 Å². The molecule has 0 aliphatic carbocycles. The molecule has 0 aliphatic heterocycles. The number of methoxy groups -OCH3 is 1. The summed E-state index contributed by atoms with van der Waals surface area (Å²) in [7, 11) is 1.66. The summed E-state index contributed by atoms with van der Waals surface area (Å²) in [4.78, 5) is 0. The first-order chi connectivity index (χ1) is 7.17. The van der Waals surface area contributed by atoms with E-state index in [9.17, 15) is 0 Å². The van der Waals surface area contributed by atoms with Crippen LogP contribution in [-0.4, -0.2) is 19.8 Å². The van der Waals surface area contributed by atoms with Gasteiger partial charge in [-0.25, -0.2) is 0 Å². The minimum atomic E-state index is -0.0295. The van der Waals surface area contributed by atoms with Gasteiger partial charge in [0.1, 0.15) is 5.75 Å². The Morgan fingerprint density at radius 1 is 1.20 bits per heavy atom. The first-order valence-corrected chi connectivity index (χ1v) is 5.17. The van der Waals surface area contributed by atoms with Gasteiger partial charge in [-0.1, -0.05) is 12.1 Å². The van der Waals surface area contributed by atoms with Crippen molar-refractivity contribution < 1.29 is 9.47 Å². The summed E-state index contributed by atoms with van der Waals surface area (Å²) < 4.78 is 10.8. The van der Waals surface area contributed by atoms with Crippen LogP contribution in [0.5, 0.6) is 5.75 Å². The summed E-state index contributed by atoms with van der Waals surface area (Å²) in [5.74, 6) is 0.876. The molecule has 1 atom stereocenters. The minimum Gasteiger partial charge on any atom is -0.491 e. The summed E-state index contributed by atoms with van der Waals surface area (Å²) in [6, 6.07) is 7.85. The Balaban J connectivity index is 2.71. The summed E-state index contributed by atoms with van der Waals surface area (Å²) in [5, 5.41) is 0. The van der Waals surface area contributed by atoms with Gasteiger partial charge in [0.2, 0.25) is 0 Å². The molecular formula is C12H19NO2. The summed E-state index contributed by atoms with van der Waals surface area (Å²) in [5.41, 5.74) is 6.66. The molecule has 0 bridgehead atoms. The molecular weight excluding hydrogens is 190 g/mol. The third-order valence-corrected chi connectivity index (χ3v) is 2.12. The summed E-state index contributed by atoms with van der Waals surface area (Å²) in [6.07, 6.45) is 0.168. The van der Waals surface area contributed by atoms with Crippen LogP contribution >= 0.6 is 0 Å². The summed E-state index contributed by atoms with van der Waals surface area (Å²) >= 11 is 0. The Kier molecular flexibility index (Phi) is 4.59. The van der Waals surface area contributed by atoms with Gasteiger partial charge in [-0.2, -0.15) is 0 Å². The van der Waals surface area contributed by atoms with Gasteiger partial charge < -0.3 is 15.2 Å². The zero-order valence-electron chi connectivity index (χ0n) is 9.57. The number of rotatable bonds is 5. The van der Waals surface area contributed by atoms with Crippen LogP contribution < -0.4 is 10.5 Å². The van der Waals surface area contributed by atoms with Crippen LogP contribution in [0.4, 0.5) is 0 Å². The molecule has 0 saturated heterocycles. The lowest BCUT2D eigenvalue weighted by Crippen LogP contribution is -2.14. The largest absolute Gasteiger partial charge is 0.491 e. The number of hydrogen-bond donors (Lipinski definition) is 1. The number of ether oxygens (including phenoxy) is 2. The van der Waals surface area contributed by atoms with Gasteiger partial charge in [0, 0.05) is 13.7 Å². The third-order valence-electron chi connectivity index (χ3n) is 2.12. The highest BCUT2D eigenvalue weighted by atomic mass is 16.5. The van der Waals surface area contributed by atoms with E-state index in [2.05, 4.69) is 0 Å². The van der Waals surface area contributed by atoms with E-state index in [-0.39, 0.29) is 12.2 Å². The van der Waals surface area contributed by atoms with E-state index < -0.39 is 0 Å². The van der Waals surface area contributed by atoms with Crippen LogP contribution in [0, 0.1) is 0 Å². The van der Waals surface area contributed by atoms with E-state index in [1.807, 2.05) is 38.1 Å². The number of nitrogens with two attached hydrogens (primary N) is 1. The van der Waals surface area contributed by atoms with Crippen molar-refractivity contribution in [2.24, 2.45) is 5.73 Å². The minimum absolute atomic E-state index is 0.0295. The molecule has 1 aromatic rings. The lowest BCUT2D eigenvalue weighted by Gasteiger charge is -2.14. The van der Waals surface area contributed by atoms with Gasteiger partial charge in [0.05, 0.1) is 12.2 Å². The lowest BCUT2D eigenvalue weighted by molar-refractivity contribution is 0.110. The Hall–Kier alpha value is -1.06. The molecule has 0 heterocycles. The van der Waals surface area contributed by atoms with E-state index in [4.69, 9.17) is 15.2 Å². The van der Waals surface area contributed by atoms with Crippen LogP contribution in [0.25, 0.3) is 0 Å².